The Morgan fingerprint density at radius 2 is 1.88 bits per heavy atom. The molecular weight excluding hydrogens is 578 g/mol. The number of amides is 1. The molecule has 8 nitrogen and oxygen atoms in total. The molecule has 0 spiro atoms. The van der Waals surface area contributed by atoms with E-state index in [9.17, 15) is 37.3 Å². The Morgan fingerprint density at radius 3 is 2.51 bits per heavy atom. The summed E-state index contributed by atoms with van der Waals surface area (Å²) in [4.78, 5) is 16.5. The van der Waals surface area contributed by atoms with Gasteiger partial charge in [-0.25, -0.2) is 17.2 Å². The van der Waals surface area contributed by atoms with Gasteiger partial charge in [0.25, 0.3) is 5.91 Å². The van der Waals surface area contributed by atoms with Crippen LogP contribution in [0.1, 0.15) is 55.1 Å². The zero-order valence-electron chi connectivity index (χ0n) is 22.3. The molecule has 6 atom stereocenters. The SMILES string of the molecule is CC[C@@H]1C[C@@H](S(=O)(=O)c2cc(C(=O)Nc3ccc(F)c(F)c3)ccc2Cl)C[C@H](C)[C@@]1(O)C(O)C(O)c1cccnc1. The van der Waals surface area contributed by atoms with Crippen LogP contribution in [0.15, 0.2) is 65.8 Å². The number of halogens is 3. The highest BCUT2D eigenvalue weighted by atomic mass is 35.5. The van der Waals surface area contributed by atoms with Crippen LogP contribution in [0.5, 0.6) is 0 Å². The summed E-state index contributed by atoms with van der Waals surface area (Å²) in [5, 5.41) is 35.0. The molecule has 41 heavy (non-hydrogen) atoms. The predicted octanol–water partition coefficient (Wildman–Crippen LogP) is 4.69. The molecule has 1 saturated carbocycles. The van der Waals surface area contributed by atoms with Crippen LogP contribution < -0.4 is 5.32 Å². The van der Waals surface area contributed by atoms with E-state index in [1.807, 2.05) is 0 Å². The maximum absolute atomic E-state index is 13.9. The van der Waals surface area contributed by atoms with Crippen LogP contribution in [0.4, 0.5) is 14.5 Å². The molecule has 1 aromatic heterocycles. The first kappa shape index (κ1) is 31.0. The van der Waals surface area contributed by atoms with Crippen molar-refractivity contribution in [1.82, 2.24) is 4.98 Å². The first-order valence-electron chi connectivity index (χ1n) is 13.1. The van der Waals surface area contributed by atoms with E-state index in [-0.39, 0.29) is 34.0 Å². The monoisotopic (exact) mass is 608 g/mol. The highest BCUT2D eigenvalue weighted by molar-refractivity contribution is 7.92. The fraction of sp³-hybridized carbons (Fsp3) is 0.379. The molecule has 0 radical (unpaired) electrons. The first-order valence-corrected chi connectivity index (χ1v) is 15.0. The van der Waals surface area contributed by atoms with Crippen molar-refractivity contribution in [2.24, 2.45) is 11.8 Å². The molecule has 1 fully saturated rings. The number of sulfone groups is 1. The molecule has 0 aliphatic heterocycles. The van der Waals surface area contributed by atoms with Gasteiger partial charge in [0.05, 0.1) is 20.8 Å². The van der Waals surface area contributed by atoms with E-state index in [2.05, 4.69) is 10.3 Å². The largest absolute Gasteiger partial charge is 0.387 e. The van der Waals surface area contributed by atoms with Crippen LogP contribution in [0.2, 0.25) is 5.02 Å². The number of aliphatic hydroxyl groups is 3. The van der Waals surface area contributed by atoms with E-state index in [4.69, 9.17) is 11.6 Å². The number of carbonyl (C=O) groups is 1. The fourth-order valence-corrected chi connectivity index (χ4v) is 8.13. The second-order valence-corrected chi connectivity index (χ2v) is 13.0. The Kier molecular flexibility index (Phi) is 9.15. The van der Waals surface area contributed by atoms with Crippen molar-refractivity contribution in [2.75, 3.05) is 5.32 Å². The number of hydrogen-bond acceptors (Lipinski definition) is 7. The fourth-order valence-electron chi connectivity index (χ4n) is 5.67. The Balaban J connectivity index is 1.60. The van der Waals surface area contributed by atoms with Gasteiger partial charge in [-0.15, -0.1) is 0 Å². The molecule has 1 aliphatic rings. The van der Waals surface area contributed by atoms with E-state index in [1.165, 1.54) is 30.6 Å². The molecule has 2 aromatic carbocycles. The van der Waals surface area contributed by atoms with Gasteiger partial charge < -0.3 is 20.6 Å². The number of nitrogens with one attached hydrogen (secondary N) is 1. The standard InChI is InChI=1S/C29H31ClF2N2O6S/c1-3-19-13-21(11-16(2)29(19,38)27(36)26(35)18-5-4-10-33-15-18)41(39,40)25-12-17(6-8-22(25)30)28(37)34-20-7-9-23(31)24(32)14-20/h4-10,12,14-16,19,21,26-27,35-36,38H,3,11,13H2,1-2H3,(H,34,37)/t16-,19+,21-,26?,27?,29-/m0/s1. The normalized spacial score (nSPS) is 24.4. The molecule has 1 heterocycles. The summed E-state index contributed by atoms with van der Waals surface area (Å²) in [6.07, 6.45) is 0.0770. The molecule has 2 unspecified atom stereocenters. The first-order chi connectivity index (χ1) is 19.3. The number of carbonyl (C=O) groups excluding carboxylic acids is 1. The lowest BCUT2D eigenvalue weighted by Crippen LogP contribution is -2.60. The third-order valence-electron chi connectivity index (χ3n) is 8.02. The second kappa shape index (κ2) is 12.1. The van der Waals surface area contributed by atoms with Crippen LogP contribution in [-0.2, 0) is 9.84 Å². The summed E-state index contributed by atoms with van der Waals surface area (Å²) in [5.74, 6) is -4.44. The zero-order chi connectivity index (χ0) is 30.1. The number of aromatic nitrogens is 1. The van der Waals surface area contributed by atoms with Crippen LogP contribution in [0.3, 0.4) is 0 Å². The zero-order valence-corrected chi connectivity index (χ0v) is 23.9. The van der Waals surface area contributed by atoms with Gasteiger partial charge in [0.1, 0.15) is 12.2 Å². The van der Waals surface area contributed by atoms with Crippen LogP contribution in [0.25, 0.3) is 0 Å². The third kappa shape index (κ3) is 6.00. The highest BCUT2D eigenvalue weighted by Crippen LogP contribution is 2.48. The number of rotatable bonds is 8. The number of pyridine rings is 1. The quantitative estimate of drug-likeness (QED) is 0.291. The molecule has 12 heteroatoms. The van der Waals surface area contributed by atoms with Gasteiger partial charge in [0, 0.05) is 35.3 Å². The van der Waals surface area contributed by atoms with Gasteiger partial charge in [-0.05, 0) is 61.1 Å². The lowest BCUT2D eigenvalue weighted by molar-refractivity contribution is -0.194. The van der Waals surface area contributed by atoms with Crippen molar-refractivity contribution >= 4 is 33.0 Å². The van der Waals surface area contributed by atoms with Crippen molar-refractivity contribution in [2.45, 2.75) is 61.1 Å². The molecule has 0 bridgehead atoms. The van der Waals surface area contributed by atoms with Crippen molar-refractivity contribution in [3.8, 4) is 0 Å². The lowest BCUT2D eigenvalue weighted by atomic mass is 9.64. The van der Waals surface area contributed by atoms with Crippen molar-refractivity contribution in [3.05, 3.63) is 88.7 Å². The molecule has 220 valence electrons. The molecular formula is C29H31ClF2N2O6S. The molecule has 4 N–H and O–H groups in total. The summed E-state index contributed by atoms with van der Waals surface area (Å²) < 4.78 is 54.5. The Labute approximate surface area is 241 Å². The van der Waals surface area contributed by atoms with E-state index in [0.717, 1.165) is 18.2 Å². The average Bonchev–Trinajstić information content (AvgIpc) is 2.95. The number of benzene rings is 2. The van der Waals surface area contributed by atoms with Gasteiger partial charge in [-0.3, -0.25) is 9.78 Å². The third-order valence-corrected chi connectivity index (χ3v) is 10.7. The van der Waals surface area contributed by atoms with Gasteiger partial charge >= 0.3 is 0 Å². The number of nitrogens with zero attached hydrogens (tertiary/aromatic N) is 1. The van der Waals surface area contributed by atoms with Gasteiger partial charge in [-0.2, -0.15) is 0 Å². The summed E-state index contributed by atoms with van der Waals surface area (Å²) in [6, 6.07) is 9.69. The summed E-state index contributed by atoms with van der Waals surface area (Å²) >= 11 is 6.30. The van der Waals surface area contributed by atoms with E-state index < -0.39 is 62.3 Å². The minimum Gasteiger partial charge on any atom is -0.387 e. The molecule has 1 aliphatic carbocycles. The van der Waals surface area contributed by atoms with Gasteiger partial charge in [-0.1, -0.05) is 37.9 Å². The summed E-state index contributed by atoms with van der Waals surface area (Å²) in [5.41, 5.74) is -1.58. The Bertz CT molecular complexity index is 1530. The van der Waals surface area contributed by atoms with Crippen LogP contribution in [0, 0.1) is 23.5 Å². The number of hydrogen-bond donors (Lipinski definition) is 4. The van der Waals surface area contributed by atoms with Gasteiger partial charge in [0.15, 0.2) is 21.5 Å². The maximum Gasteiger partial charge on any atom is 0.255 e. The summed E-state index contributed by atoms with van der Waals surface area (Å²) in [7, 11) is -4.14. The topological polar surface area (TPSA) is 137 Å². The van der Waals surface area contributed by atoms with E-state index in [0.29, 0.717) is 12.0 Å². The molecule has 3 aromatic rings. The van der Waals surface area contributed by atoms with Crippen LogP contribution in [-0.4, -0.2) is 51.6 Å². The molecule has 1 amide bonds. The van der Waals surface area contributed by atoms with E-state index >= 15 is 0 Å². The van der Waals surface area contributed by atoms with Crippen molar-refractivity contribution in [1.29, 1.82) is 0 Å². The maximum atomic E-state index is 13.9. The molecule has 4 rings (SSSR count). The van der Waals surface area contributed by atoms with Crippen molar-refractivity contribution in [3.63, 3.8) is 0 Å². The number of anilines is 1. The number of aliphatic hydroxyl groups excluding tert-OH is 2. The van der Waals surface area contributed by atoms with Crippen LogP contribution >= 0.6 is 11.6 Å². The second-order valence-electron chi connectivity index (χ2n) is 10.4. The predicted molar refractivity (Wildman–Crippen MR) is 149 cm³/mol. The van der Waals surface area contributed by atoms with Crippen molar-refractivity contribution < 1.29 is 37.3 Å². The average molecular weight is 609 g/mol. The minimum atomic E-state index is -4.14. The summed E-state index contributed by atoms with van der Waals surface area (Å²) in [6.45, 7) is 3.38. The van der Waals surface area contributed by atoms with Gasteiger partial charge in [0.2, 0.25) is 0 Å². The lowest BCUT2D eigenvalue weighted by Gasteiger charge is -2.50. The Morgan fingerprint density at radius 1 is 1.15 bits per heavy atom. The Hall–Kier alpha value is -2.96. The minimum absolute atomic E-state index is 0.0218. The highest BCUT2D eigenvalue weighted by Gasteiger charge is 2.55. The smallest absolute Gasteiger partial charge is 0.255 e. The molecule has 0 saturated heterocycles. The van der Waals surface area contributed by atoms with E-state index in [1.54, 1.807) is 26.0 Å².